The maximum Gasteiger partial charge on any atom is 0.314 e. The number of ketones is 1. The minimum absolute atomic E-state index is 0.101. The predicted octanol–water partition coefficient (Wildman–Crippen LogP) is 6.56. The summed E-state index contributed by atoms with van der Waals surface area (Å²) in [6.07, 6.45) is 3.01. The van der Waals surface area contributed by atoms with Gasteiger partial charge in [-0.15, -0.1) is 0 Å². The van der Waals surface area contributed by atoms with Crippen LogP contribution in [0.1, 0.15) is 79.8 Å². The van der Waals surface area contributed by atoms with Crippen LogP contribution in [0.3, 0.4) is 0 Å². The highest BCUT2D eigenvalue weighted by atomic mass is 16.5. The van der Waals surface area contributed by atoms with Gasteiger partial charge in [0.2, 0.25) is 0 Å². The van der Waals surface area contributed by atoms with E-state index < -0.39 is 0 Å². The second-order valence-electron chi connectivity index (χ2n) is 10.3. The lowest BCUT2D eigenvalue weighted by Gasteiger charge is -2.29. The van der Waals surface area contributed by atoms with Crippen molar-refractivity contribution in [2.75, 3.05) is 7.11 Å². The van der Waals surface area contributed by atoms with Crippen LogP contribution in [0.2, 0.25) is 0 Å². The van der Waals surface area contributed by atoms with Crippen molar-refractivity contribution < 1.29 is 19.1 Å². The van der Waals surface area contributed by atoms with Crippen LogP contribution in [0.15, 0.2) is 24.3 Å². The van der Waals surface area contributed by atoms with E-state index in [0.717, 1.165) is 53.7 Å². The van der Waals surface area contributed by atoms with Crippen LogP contribution in [0, 0.1) is 39.5 Å². The molecule has 1 fully saturated rings. The highest BCUT2D eigenvalue weighted by Gasteiger charge is 2.31. The molecular formula is C29H38O4. The van der Waals surface area contributed by atoms with Crippen molar-refractivity contribution >= 4 is 11.8 Å². The summed E-state index contributed by atoms with van der Waals surface area (Å²) in [4.78, 5) is 24.5. The van der Waals surface area contributed by atoms with Crippen molar-refractivity contribution in [1.29, 1.82) is 0 Å². The lowest BCUT2D eigenvalue weighted by Crippen LogP contribution is -2.28. The molecule has 1 saturated carbocycles. The summed E-state index contributed by atoms with van der Waals surface area (Å²) in [6.45, 7) is 14.3. The molecule has 0 aromatic heterocycles. The summed E-state index contributed by atoms with van der Waals surface area (Å²) in [5.41, 5.74) is 6.37. The van der Waals surface area contributed by atoms with Crippen LogP contribution in [-0.4, -0.2) is 18.9 Å². The Kier molecular flexibility index (Phi) is 7.36. The number of aryl methyl sites for hydroxylation is 4. The summed E-state index contributed by atoms with van der Waals surface area (Å²) < 4.78 is 11.5. The molecule has 2 aromatic rings. The van der Waals surface area contributed by atoms with Gasteiger partial charge in [0, 0.05) is 11.3 Å². The molecule has 0 unspecified atom stereocenters. The van der Waals surface area contributed by atoms with Gasteiger partial charge in [0.15, 0.2) is 0 Å². The van der Waals surface area contributed by atoms with Crippen LogP contribution in [0.25, 0.3) is 0 Å². The third-order valence-corrected chi connectivity index (χ3v) is 7.41. The molecule has 0 aliphatic heterocycles. The summed E-state index contributed by atoms with van der Waals surface area (Å²) in [6, 6.07) is 8.66. The van der Waals surface area contributed by atoms with Gasteiger partial charge in [0.25, 0.3) is 0 Å². The number of esters is 1. The van der Waals surface area contributed by atoms with E-state index in [-0.39, 0.29) is 29.0 Å². The maximum absolute atomic E-state index is 12.9. The van der Waals surface area contributed by atoms with Crippen molar-refractivity contribution in [2.24, 2.45) is 11.8 Å². The number of carbonyl (C=O) groups excluding carboxylic acids is 2. The molecule has 178 valence electrons. The lowest BCUT2D eigenvalue weighted by atomic mass is 9.76. The number of benzene rings is 2. The molecule has 0 amide bonds. The normalized spacial score (nSPS) is 18.7. The number of carbonyl (C=O) groups is 2. The number of Topliss-reactive ketones (excluding diaryl/α,β-unsaturated/α-hetero) is 1. The fraction of sp³-hybridized carbons (Fsp3) is 0.517. The summed E-state index contributed by atoms with van der Waals surface area (Å²) >= 11 is 0. The monoisotopic (exact) mass is 450 g/mol. The van der Waals surface area contributed by atoms with Gasteiger partial charge in [-0.2, -0.15) is 0 Å². The van der Waals surface area contributed by atoms with Crippen molar-refractivity contribution in [3.8, 4) is 11.5 Å². The van der Waals surface area contributed by atoms with Crippen LogP contribution in [-0.2, 0) is 15.0 Å². The Balaban J connectivity index is 1.83. The van der Waals surface area contributed by atoms with Gasteiger partial charge in [-0.05, 0) is 93.7 Å². The molecule has 4 heteroatoms. The second-order valence-corrected chi connectivity index (χ2v) is 10.3. The van der Waals surface area contributed by atoms with Gasteiger partial charge in [-0.25, -0.2) is 0 Å². The van der Waals surface area contributed by atoms with Crippen molar-refractivity contribution in [1.82, 2.24) is 0 Å². The zero-order valence-corrected chi connectivity index (χ0v) is 21.4. The smallest absolute Gasteiger partial charge is 0.314 e. The average Bonchev–Trinajstić information content (AvgIpc) is 2.75. The van der Waals surface area contributed by atoms with E-state index >= 15 is 0 Å². The third-order valence-electron chi connectivity index (χ3n) is 7.41. The second kappa shape index (κ2) is 9.70. The lowest BCUT2D eigenvalue weighted by molar-refractivity contribution is -0.141. The van der Waals surface area contributed by atoms with Crippen molar-refractivity contribution in [3.63, 3.8) is 0 Å². The molecule has 33 heavy (non-hydrogen) atoms. The Bertz CT molecular complexity index is 1010. The van der Waals surface area contributed by atoms with Crippen molar-refractivity contribution in [2.45, 2.75) is 79.6 Å². The minimum atomic E-state index is -0.217. The number of hydrogen-bond donors (Lipinski definition) is 0. The van der Waals surface area contributed by atoms with E-state index in [1.165, 1.54) is 11.1 Å². The molecule has 0 heterocycles. The Morgan fingerprint density at radius 1 is 0.758 bits per heavy atom. The van der Waals surface area contributed by atoms with Crippen molar-refractivity contribution in [3.05, 3.63) is 57.6 Å². The first kappa shape index (κ1) is 25.0. The van der Waals surface area contributed by atoms with Gasteiger partial charge >= 0.3 is 5.97 Å². The Morgan fingerprint density at radius 3 is 1.55 bits per heavy atom. The molecule has 0 radical (unpaired) electrons. The van der Waals surface area contributed by atoms with Gasteiger partial charge in [-0.3, -0.25) is 9.59 Å². The molecule has 0 bridgehead atoms. The quantitative estimate of drug-likeness (QED) is 0.370. The molecule has 0 atom stereocenters. The highest BCUT2D eigenvalue weighted by Crippen LogP contribution is 2.39. The van der Waals surface area contributed by atoms with Crippen LogP contribution in [0.4, 0.5) is 0 Å². The van der Waals surface area contributed by atoms with Gasteiger partial charge in [-0.1, -0.05) is 38.1 Å². The van der Waals surface area contributed by atoms with Gasteiger partial charge in [0.1, 0.15) is 17.3 Å². The van der Waals surface area contributed by atoms with Gasteiger partial charge in [0.05, 0.1) is 13.0 Å². The van der Waals surface area contributed by atoms with E-state index in [9.17, 15) is 9.59 Å². The van der Waals surface area contributed by atoms with E-state index in [1.807, 2.05) is 13.8 Å². The average molecular weight is 451 g/mol. The molecule has 1 aliphatic rings. The van der Waals surface area contributed by atoms with Crippen LogP contribution < -0.4 is 9.47 Å². The fourth-order valence-electron chi connectivity index (χ4n) is 5.19. The summed E-state index contributed by atoms with van der Waals surface area (Å²) in [5.74, 6) is 1.63. The van der Waals surface area contributed by atoms with Crippen LogP contribution >= 0.6 is 0 Å². The molecule has 4 nitrogen and oxygen atoms in total. The Morgan fingerprint density at radius 2 is 1.15 bits per heavy atom. The molecule has 0 saturated heterocycles. The van der Waals surface area contributed by atoms with E-state index in [2.05, 4.69) is 52.0 Å². The number of hydrogen-bond acceptors (Lipinski definition) is 4. The zero-order valence-electron chi connectivity index (χ0n) is 21.4. The topological polar surface area (TPSA) is 52.6 Å². The standard InChI is InChI=1S/C29H38O4/c1-17-13-24(14-18(2)26(17)32-8)29(6,7)25-15-19(3)27(20(4)16-25)33-28(31)23-11-9-22(10-12-23)21(5)30/h13-16,22-23H,9-12H2,1-8H3. The molecular weight excluding hydrogens is 412 g/mol. The number of rotatable bonds is 6. The largest absolute Gasteiger partial charge is 0.496 e. The fourth-order valence-corrected chi connectivity index (χ4v) is 5.19. The molecule has 1 aliphatic carbocycles. The van der Waals surface area contributed by atoms with Crippen LogP contribution in [0.5, 0.6) is 11.5 Å². The number of ether oxygens (including phenoxy) is 2. The molecule has 0 N–H and O–H groups in total. The maximum atomic E-state index is 12.9. The first-order valence-corrected chi connectivity index (χ1v) is 11.9. The molecule has 0 spiro atoms. The first-order valence-electron chi connectivity index (χ1n) is 11.9. The SMILES string of the molecule is COc1c(C)cc(C(C)(C)c2cc(C)c(OC(=O)C3CCC(C(C)=O)CC3)c(C)c2)cc1C. The zero-order chi connectivity index (χ0) is 24.5. The highest BCUT2D eigenvalue weighted by molar-refractivity contribution is 5.80. The van der Waals surface area contributed by atoms with E-state index in [1.54, 1.807) is 14.0 Å². The minimum Gasteiger partial charge on any atom is -0.496 e. The third kappa shape index (κ3) is 5.15. The van der Waals surface area contributed by atoms with Gasteiger partial charge < -0.3 is 9.47 Å². The summed E-state index contributed by atoms with van der Waals surface area (Å²) in [5, 5.41) is 0. The Labute approximate surface area is 198 Å². The summed E-state index contributed by atoms with van der Waals surface area (Å²) in [7, 11) is 1.71. The molecule has 3 rings (SSSR count). The Hall–Kier alpha value is -2.62. The van der Waals surface area contributed by atoms with E-state index in [0.29, 0.717) is 5.75 Å². The first-order chi connectivity index (χ1) is 15.4. The van der Waals surface area contributed by atoms with E-state index in [4.69, 9.17) is 9.47 Å². The number of methoxy groups -OCH3 is 1. The predicted molar refractivity (Wildman–Crippen MR) is 132 cm³/mol. The molecule has 2 aromatic carbocycles.